The van der Waals surface area contributed by atoms with Crippen LogP contribution in [0.2, 0.25) is 0 Å². The van der Waals surface area contributed by atoms with E-state index in [-0.39, 0.29) is 5.82 Å². The van der Waals surface area contributed by atoms with Crippen molar-refractivity contribution in [2.24, 2.45) is 0 Å². The Morgan fingerprint density at radius 3 is 2.47 bits per heavy atom. The maximum atomic E-state index is 12.8. The summed E-state index contributed by atoms with van der Waals surface area (Å²) in [6, 6.07) is 11.6. The van der Waals surface area contributed by atoms with Crippen molar-refractivity contribution >= 4 is 23.2 Å². The average Bonchev–Trinajstić information content (AvgIpc) is 3.25. The summed E-state index contributed by atoms with van der Waals surface area (Å²) in [6.45, 7) is 0.862. The summed E-state index contributed by atoms with van der Waals surface area (Å²) in [5.41, 5.74) is 6.73. The Kier molecular flexibility index (Phi) is 5.46. The molecular formula is C20H16F3N9. The van der Waals surface area contributed by atoms with Crippen LogP contribution in [0.1, 0.15) is 11.1 Å². The second-order valence-corrected chi connectivity index (χ2v) is 6.66. The molecule has 3 aromatic heterocycles. The quantitative estimate of drug-likeness (QED) is 0.391. The number of nitrogens with two attached hydrogens (primary N) is 1. The number of nitrogen functional groups attached to an aromatic ring is 1. The van der Waals surface area contributed by atoms with E-state index in [2.05, 4.69) is 30.7 Å². The highest BCUT2D eigenvalue weighted by Crippen LogP contribution is 2.31. The molecule has 0 saturated carbocycles. The standard InChI is InChI=1S/C20H16F3N9/c21-20(22,23)14-4-1-12(2-5-14)15-9-17-28-11-29-32(17)19(30-15)27-8-7-26-16-6-3-13(10-24)18(25)31-16/h1-6,9,11H,7-8H2,(H,27,30)(H3,25,26,31). The lowest BCUT2D eigenvalue weighted by molar-refractivity contribution is -0.137. The van der Waals surface area contributed by atoms with Gasteiger partial charge in [0.1, 0.15) is 24.0 Å². The van der Waals surface area contributed by atoms with Gasteiger partial charge < -0.3 is 16.4 Å². The van der Waals surface area contributed by atoms with Gasteiger partial charge in [-0.25, -0.2) is 15.0 Å². The summed E-state index contributed by atoms with van der Waals surface area (Å²) in [5, 5.41) is 19.2. The van der Waals surface area contributed by atoms with Crippen molar-refractivity contribution in [1.82, 2.24) is 24.6 Å². The number of aromatic nitrogens is 5. The van der Waals surface area contributed by atoms with E-state index in [1.54, 1.807) is 18.2 Å². The third kappa shape index (κ3) is 4.36. The second kappa shape index (κ2) is 8.38. The molecule has 0 aliphatic heterocycles. The van der Waals surface area contributed by atoms with Crippen molar-refractivity contribution in [1.29, 1.82) is 5.26 Å². The number of anilines is 3. The van der Waals surface area contributed by atoms with Gasteiger partial charge in [0.05, 0.1) is 16.8 Å². The number of pyridine rings is 1. The fourth-order valence-electron chi connectivity index (χ4n) is 2.95. The Morgan fingerprint density at radius 2 is 1.78 bits per heavy atom. The molecule has 0 radical (unpaired) electrons. The number of hydrogen-bond donors (Lipinski definition) is 3. The largest absolute Gasteiger partial charge is 0.416 e. The van der Waals surface area contributed by atoms with Crippen LogP contribution in [-0.2, 0) is 6.18 Å². The number of hydrogen-bond acceptors (Lipinski definition) is 8. The number of fused-ring (bicyclic) bond motifs is 1. The fourth-order valence-corrected chi connectivity index (χ4v) is 2.95. The van der Waals surface area contributed by atoms with Crippen LogP contribution in [0.4, 0.5) is 30.8 Å². The lowest BCUT2D eigenvalue weighted by Crippen LogP contribution is -2.17. The molecular weight excluding hydrogens is 423 g/mol. The predicted molar refractivity (Wildman–Crippen MR) is 112 cm³/mol. The van der Waals surface area contributed by atoms with Crippen molar-refractivity contribution in [2.75, 3.05) is 29.5 Å². The van der Waals surface area contributed by atoms with E-state index >= 15 is 0 Å². The van der Waals surface area contributed by atoms with Gasteiger partial charge in [0.2, 0.25) is 5.95 Å². The van der Waals surface area contributed by atoms with Crippen LogP contribution >= 0.6 is 0 Å². The number of halogens is 3. The molecule has 0 aliphatic carbocycles. The zero-order valence-electron chi connectivity index (χ0n) is 16.4. The highest BCUT2D eigenvalue weighted by Gasteiger charge is 2.30. The molecule has 0 fully saturated rings. The van der Waals surface area contributed by atoms with E-state index in [1.165, 1.54) is 23.0 Å². The van der Waals surface area contributed by atoms with Gasteiger partial charge in [-0.3, -0.25) is 0 Å². The van der Waals surface area contributed by atoms with Gasteiger partial charge in [0.15, 0.2) is 5.65 Å². The maximum Gasteiger partial charge on any atom is 0.416 e. The molecule has 0 saturated heterocycles. The molecule has 4 N–H and O–H groups in total. The van der Waals surface area contributed by atoms with Gasteiger partial charge in [0.25, 0.3) is 0 Å². The van der Waals surface area contributed by atoms with Crippen molar-refractivity contribution in [3.05, 3.63) is 59.9 Å². The number of nitriles is 1. The van der Waals surface area contributed by atoms with Crippen LogP contribution in [0.25, 0.3) is 16.9 Å². The first kappa shape index (κ1) is 20.9. The van der Waals surface area contributed by atoms with E-state index in [0.29, 0.717) is 47.3 Å². The lowest BCUT2D eigenvalue weighted by atomic mass is 10.1. The van der Waals surface area contributed by atoms with Crippen molar-refractivity contribution in [3.8, 4) is 17.3 Å². The molecule has 0 atom stereocenters. The monoisotopic (exact) mass is 439 g/mol. The minimum Gasteiger partial charge on any atom is -0.383 e. The molecule has 4 aromatic rings. The summed E-state index contributed by atoms with van der Waals surface area (Å²) in [7, 11) is 0. The van der Waals surface area contributed by atoms with Gasteiger partial charge in [-0.05, 0) is 24.3 Å². The van der Waals surface area contributed by atoms with Crippen LogP contribution < -0.4 is 16.4 Å². The molecule has 3 heterocycles. The first-order valence-electron chi connectivity index (χ1n) is 9.38. The third-order valence-electron chi connectivity index (χ3n) is 4.53. The first-order valence-corrected chi connectivity index (χ1v) is 9.38. The maximum absolute atomic E-state index is 12.8. The van der Waals surface area contributed by atoms with E-state index < -0.39 is 11.7 Å². The average molecular weight is 439 g/mol. The first-order chi connectivity index (χ1) is 15.3. The van der Waals surface area contributed by atoms with Crippen molar-refractivity contribution in [2.45, 2.75) is 6.18 Å². The summed E-state index contributed by atoms with van der Waals surface area (Å²) in [4.78, 5) is 12.7. The van der Waals surface area contributed by atoms with Gasteiger partial charge in [-0.1, -0.05) is 12.1 Å². The summed E-state index contributed by atoms with van der Waals surface area (Å²) in [6.07, 6.45) is -3.04. The van der Waals surface area contributed by atoms with E-state index in [4.69, 9.17) is 11.0 Å². The van der Waals surface area contributed by atoms with E-state index in [1.807, 2.05) is 6.07 Å². The van der Waals surface area contributed by atoms with Gasteiger partial charge in [0, 0.05) is 24.7 Å². The Bertz CT molecular complexity index is 1290. The number of nitrogens with one attached hydrogen (secondary N) is 2. The molecule has 9 nitrogen and oxygen atoms in total. The third-order valence-corrected chi connectivity index (χ3v) is 4.53. The minimum atomic E-state index is -4.41. The number of rotatable bonds is 6. The zero-order valence-corrected chi connectivity index (χ0v) is 16.4. The van der Waals surface area contributed by atoms with Gasteiger partial charge >= 0.3 is 6.18 Å². The molecule has 12 heteroatoms. The van der Waals surface area contributed by atoms with E-state index in [0.717, 1.165) is 12.1 Å². The smallest absolute Gasteiger partial charge is 0.383 e. The van der Waals surface area contributed by atoms with Crippen LogP contribution in [0.15, 0.2) is 48.8 Å². The van der Waals surface area contributed by atoms with Crippen molar-refractivity contribution in [3.63, 3.8) is 0 Å². The Hall–Kier alpha value is -4.40. The van der Waals surface area contributed by atoms with E-state index in [9.17, 15) is 13.2 Å². The fraction of sp³-hybridized carbons (Fsp3) is 0.150. The zero-order chi connectivity index (χ0) is 22.7. The van der Waals surface area contributed by atoms with Crippen molar-refractivity contribution < 1.29 is 13.2 Å². The normalized spacial score (nSPS) is 11.3. The molecule has 0 amide bonds. The van der Waals surface area contributed by atoms with Crippen LogP contribution in [0, 0.1) is 11.3 Å². The lowest BCUT2D eigenvalue weighted by Gasteiger charge is -2.11. The molecule has 1 aromatic carbocycles. The van der Waals surface area contributed by atoms with Crippen LogP contribution in [0.3, 0.4) is 0 Å². The SMILES string of the molecule is N#Cc1ccc(NCCNc2nc(-c3ccc(C(F)(F)F)cc3)cc3ncnn23)nc1N. The molecule has 4 rings (SSSR count). The molecule has 0 spiro atoms. The molecule has 0 unspecified atom stereocenters. The summed E-state index contributed by atoms with van der Waals surface area (Å²) in [5.74, 6) is 1.03. The molecule has 162 valence electrons. The van der Waals surface area contributed by atoms with Gasteiger partial charge in [-0.15, -0.1) is 0 Å². The predicted octanol–water partition coefficient (Wildman–Crippen LogP) is 3.18. The molecule has 0 aliphatic rings. The second-order valence-electron chi connectivity index (χ2n) is 6.66. The highest BCUT2D eigenvalue weighted by molar-refractivity contribution is 5.66. The number of alkyl halides is 3. The molecule has 32 heavy (non-hydrogen) atoms. The van der Waals surface area contributed by atoms with Crippen LogP contribution in [-0.4, -0.2) is 37.7 Å². The Labute approximate surface area is 179 Å². The molecule has 0 bridgehead atoms. The Morgan fingerprint density at radius 1 is 1.03 bits per heavy atom. The Balaban J connectivity index is 1.49. The number of nitrogens with zero attached hydrogens (tertiary/aromatic N) is 6. The summed E-state index contributed by atoms with van der Waals surface area (Å²) >= 11 is 0. The summed E-state index contributed by atoms with van der Waals surface area (Å²) < 4.78 is 40.0. The number of benzene rings is 1. The topological polar surface area (TPSA) is 130 Å². The minimum absolute atomic E-state index is 0.140. The van der Waals surface area contributed by atoms with Crippen LogP contribution in [0.5, 0.6) is 0 Å². The highest BCUT2D eigenvalue weighted by atomic mass is 19.4. The van der Waals surface area contributed by atoms with Gasteiger partial charge in [-0.2, -0.15) is 28.0 Å².